The van der Waals surface area contributed by atoms with E-state index >= 15 is 0 Å². The Hall–Kier alpha value is -1.64. The SMILES string of the molecule is CCc1c(N)ncc2cccnc12. The fourth-order valence-corrected chi connectivity index (χ4v) is 1.46. The Morgan fingerprint density at radius 2 is 2.23 bits per heavy atom. The molecule has 0 radical (unpaired) electrons. The van der Waals surface area contributed by atoms with Gasteiger partial charge in [0.1, 0.15) is 5.82 Å². The zero-order chi connectivity index (χ0) is 9.26. The summed E-state index contributed by atoms with van der Waals surface area (Å²) in [6.07, 6.45) is 4.41. The van der Waals surface area contributed by atoms with Crippen molar-refractivity contribution in [2.75, 3.05) is 5.73 Å². The van der Waals surface area contributed by atoms with Crippen molar-refractivity contribution in [2.24, 2.45) is 0 Å². The zero-order valence-corrected chi connectivity index (χ0v) is 7.49. The molecule has 66 valence electrons. The molecule has 3 nitrogen and oxygen atoms in total. The summed E-state index contributed by atoms with van der Waals surface area (Å²) >= 11 is 0. The molecule has 13 heavy (non-hydrogen) atoms. The van der Waals surface area contributed by atoms with Crippen LogP contribution in [0.25, 0.3) is 10.9 Å². The maximum absolute atomic E-state index is 5.75. The lowest BCUT2D eigenvalue weighted by atomic mass is 10.1. The van der Waals surface area contributed by atoms with Crippen LogP contribution in [-0.4, -0.2) is 9.97 Å². The van der Waals surface area contributed by atoms with E-state index in [9.17, 15) is 0 Å². The standard InChI is InChI=1S/C10H11N3/c1-2-8-9-7(4-3-5-12-9)6-13-10(8)11/h3-6H,2H2,1H3,(H2,11,13). The molecule has 0 aliphatic rings. The predicted molar refractivity (Wildman–Crippen MR) is 53.3 cm³/mol. The average molecular weight is 173 g/mol. The van der Waals surface area contributed by atoms with Crippen LogP contribution in [0.1, 0.15) is 12.5 Å². The molecule has 0 bridgehead atoms. The minimum atomic E-state index is 0.591. The zero-order valence-electron chi connectivity index (χ0n) is 7.49. The number of hydrogen-bond donors (Lipinski definition) is 1. The Morgan fingerprint density at radius 3 is 3.00 bits per heavy atom. The highest BCUT2D eigenvalue weighted by Crippen LogP contribution is 2.19. The number of aryl methyl sites for hydroxylation is 1. The number of nitrogens with zero attached hydrogens (tertiary/aromatic N) is 2. The monoisotopic (exact) mass is 173 g/mol. The molecule has 2 heterocycles. The van der Waals surface area contributed by atoms with Crippen LogP contribution in [0.2, 0.25) is 0 Å². The Morgan fingerprint density at radius 1 is 1.38 bits per heavy atom. The molecule has 0 saturated heterocycles. The Labute approximate surface area is 76.6 Å². The number of aromatic nitrogens is 2. The van der Waals surface area contributed by atoms with Crippen molar-refractivity contribution < 1.29 is 0 Å². The van der Waals surface area contributed by atoms with Gasteiger partial charge in [-0.05, 0) is 18.6 Å². The smallest absolute Gasteiger partial charge is 0.128 e. The van der Waals surface area contributed by atoms with Crippen LogP contribution >= 0.6 is 0 Å². The first kappa shape index (κ1) is 7.98. The largest absolute Gasteiger partial charge is 0.383 e. The summed E-state index contributed by atoms with van der Waals surface area (Å²) in [5.41, 5.74) is 7.76. The van der Waals surface area contributed by atoms with Gasteiger partial charge in [0, 0.05) is 23.3 Å². The van der Waals surface area contributed by atoms with Crippen molar-refractivity contribution in [3.63, 3.8) is 0 Å². The van der Waals surface area contributed by atoms with E-state index in [2.05, 4.69) is 16.9 Å². The van der Waals surface area contributed by atoms with Crippen molar-refractivity contribution in [3.8, 4) is 0 Å². The molecule has 2 N–H and O–H groups in total. The van der Waals surface area contributed by atoms with Gasteiger partial charge in [0.25, 0.3) is 0 Å². The molecule has 0 aromatic carbocycles. The molecule has 0 spiro atoms. The Kier molecular flexibility index (Phi) is 1.85. The molecule has 0 fully saturated rings. The maximum Gasteiger partial charge on any atom is 0.128 e. The first-order valence-electron chi connectivity index (χ1n) is 4.31. The van der Waals surface area contributed by atoms with Gasteiger partial charge in [0.05, 0.1) is 5.52 Å². The Bertz CT molecular complexity index is 437. The molecular formula is C10H11N3. The summed E-state index contributed by atoms with van der Waals surface area (Å²) < 4.78 is 0. The van der Waals surface area contributed by atoms with Gasteiger partial charge in [0.2, 0.25) is 0 Å². The number of rotatable bonds is 1. The summed E-state index contributed by atoms with van der Waals surface area (Å²) in [7, 11) is 0. The molecule has 2 rings (SSSR count). The van der Waals surface area contributed by atoms with E-state index in [1.54, 1.807) is 12.4 Å². The molecule has 0 aliphatic heterocycles. The first-order valence-corrected chi connectivity index (χ1v) is 4.31. The number of nitrogens with two attached hydrogens (primary N) is 1. The quantitative estimate of drug-likeness (QED) is 0.715. The van der Waals surface area contributed by atoms with Gasteiger partial charge in [-0.1, -0.05) is 6.92 Å². The van der Waals surface area contributed by atoms with E-state index in [0.29, 0.717) is 5.82 Å². The van der Waals surface area contributed by atoms with E-state index in [1.165, 1.54) is 0 Å². The van der Waals surface area contributed by atoms with Crippen LogP contribution in [0.15, 0.2) is 24.5 Å². The highest BCUT2D eigenvalue weighted by Gasteiger charge is 2.04. The molecule has 2 aromatic rings. The fraction of sp³-hybridized carbons (Fsp3) is 0.200. The molecule has 0 amide bonds. The maximum atomic E-state index is 5.75. The molecule has 0 aliphatic carbocycles. The lowest BCUT2D eigenvalue weighted by molar-refractivity contribution is 1.12. The lowest BCUT2D eigenvalue weighted by Crippen LogP contribution is -1.98. The Balaban J connectivity index is 2.84. The van der Waals surface area contributed by atoms with Gasteiger partial charge < -0.3 is 5.73 Å². The van der Waals surface area contributed by atoms with Crippen LogP contribution < -0.4 is 5.73 Å². The van der Waals surface area contributed by atoms with E-state index in [0.717, 1.165) is 22.9 Å². The number of fused-ring (bicyclic) bond motifs is 1. The van der Waals surface area contributed by atoms with Crippen molar-refractivity contribution >= 4 is 16.7 Å². The van der Waals surface area contributed by atoms with E-state index < -0.39 is 0 Å². The third-order valence-electron chi connectivity index (χ3n) is 2.13. The second-order valence-corrected chi connectivity index (χ2v) is 2.92. The van der Waals surface area contributed by atoms with Crippen LogP contribution in [0.5, 0.6) is 0 Å². The predicted octanol–water partition coefficient (Wildman–Crippen LogP) is 1.77. The third kappa shape index (κ3) is 1.22. The summed E-state index contributed by atoms with van der Waals surface area (Å²) in [5.74, 6) is 0.591. The normalized spacial score (nSPS) is 10.5. The second kappa shape index (κ2) is 3.01. The van der Waals surface area contributed by atoms with Gasteiger partial charge in [-0.15, -0.1) is 0 Å². The highest BCUT2D eigenvalue weighted by atomic mass is 14.8. The van der Waals surface area contributed by atoms with E-state index in [1.807, 2.05) is 12.1 Å². The lowest BCUT2D eigenvalue weighted by Gasteiger charge is -2.04. The molecule has 2 aromatic heterocycles. The fourth-order valence-electron chi connectivity index (χ4n) is 1.46. The van der Waals surface area contributed by atoms with Crippen LogP contribution in [0.3, 0.4) is 0 Å². The van der Waals surface area contributed by atoms with Gasteiger partial charge in [-0.25, -0.2) is 4.98 Å². The van der Waals surface area contributed by atoms with Crippen molar-refractivity contribution in [2.45, 2.75) is 13.3 Å². The van der Waals surface area contributed by atoms with Crippen molar-refractivity contribution in [3.05, 3.63) is 30.1 Å². The van der Waals surface area contributed by atoms with E-state index in [4.69, 9.17) is 5.73 Å². The van der Waals surface area contributed by atoms with Gasteiger partial charge in [0.15, 0.2) is 0 Å². The third-order valence-corrected chi connectivity index (χ3v) is 2.13. The summed E-state index contributed by atoms with van der Waals surface area (Å²) in [5, 5.41) is 1.05. The van der Waals surface area contributed by atoms with Crippen LogP contribution in [0.4, 0.5) is 5.82 Å². The molecule has 3 heteroatoms. The van der Waals surface area contributed by atoms with Gasteiger partial charge in [-0.3, -0.25) is 4.98 Å². The average Bonchev–Trinajstić information content (AvgIpc) is 2.18. The summed E-state index contributed by atoms with van der Waals surface area (Å²) in [6, 6.07) is 3.90. The minimum absolute atomic E-state index is 0.591. The molecular weight excluding hydrogens is 162 g/mol. The number of anilines is 1. The van der Waals surface area contributed by atoms with Crippen molar-refractivity contribution in [1.29, 1.82) is 0 Å². The minimum Gasteiger partial charge on any atom is -0.383 e. The van der Waals surface area contributed by atoms with Gasteiger partial charge >= 0.3 is 0 Å². The van der Waals surface area contributed by atoms with Gasteiger partial charge in [-0.2, -0.15) is 0 Å². The molecule has 0 unspecified atom stereocenters. The number of pyridine rings is 2. The van der Waals surface area contributed by atoms with E-state index in [-0.39, 0.29) is 0 Å². The highest BCUT2D eigenvalue weighted by molar-refractivity contribution is 5.83. The topological polar surface area (TPSA) is 51.8 Å². The second-order valence-electron chi connectivity index (χ2n) is 2.92. The number of hydrogen-bond acceptors (Lipinski definition) is 3. The number of nitrogen functional groups attached to an aromatic ring is 1. The summed E-state index contributed by atoms with van der Waals surface area (Å²) in [4.78, 5) is 8.41. The van der Waals surface area contributed by atoms with Crippen LogP contribution in [-0.2, 0) is 6.42 Å². The molecule has 0 saturated carbocycles. The first-order chi connectivity index (χ1) is 6.33. The van der Waals surface area contributed by atoms with Crippen LogP contribution in [0, 0.1) is 0 Å². The van der Waals surface area contributed by atoms with Crippen molar-refractivity contribution in [1.82, 2.24) is 9.97 Å². The summed E-state index contributed by atoms with van der Waals surface area (Å²) in [6.45, 7) is 2.06. The molecule has 0 atom stereocenters.